The van der Waals surface area contributed by atoms with Crippen molar-refractivity contribution in [3.8, 4) is 0 Å². The number of nitrogens with zero attached hydrogens (tertiary/aromatic N) is 1. The fourth-order valence-electron chi connectivity index (χ4n) is 2.04. The number of Topliss-reactive ketones (excluding diaryl/α,β-unsaturated/α-hetero) is 1. The molecule has 0 unspecified atom stereocenters. The molecule has 1 aliphatic rings. The summed E-state index contributed by atoms with van der Waals surface area (Å²) in [4.78, 5) is 24.7. The minimum Gasteiger partial charge on any atom is -0.355 e. The Morgan fingerprint density at radius 2 is 2.06 bits per heavy atom. The van der Waals surface area contributed by atoms with Crippen molar-refractivity contribution in [2.45, 2.75) is 45.1 Å². The van der Waals surface area contributed by atoms with Crippen molar-refractivity contribution in [1.29, 1.82) is 0 Å². The van der Waals surface area contributed by atoms with Gasteiger partial charge in [0.2, 0.25) is 5.91 Å². The molecule has 0 aromatic carbocycles. The van der Waals surface area contributed by atoms with Crippen LogP contribution in [0.3, 0.4) is 0 Å². The first-order valence-electron chi connectivity index (χ1n) is 6.12. The molecule has 4 heteroatoms. The molecule has 1 N–H and O–H groups in total. The molecule has 0 aromatic heterocycles. The van der Waals surface area contributed by atoms with Gasteiger partial charge in [0.1, 0.15) is 5.78 Å². The molecule has 0 radical (unpaired) electrons. The van der Waals surface area contributed by atoms with E-state index in [1.54, 1.807) is 0 Å². The van der Waals surface area contributed by atoms with Crippen LogP contribution in [-0.2, 0) is 9.59 Å². The third-order valence-corrected chi connectivity index (χ3v) is 3.10. The molecule has 0 heterocycles. The summed E-state index contributed by atoms with van der Waals surface area (Å²) in [6.45, 7) is 3.23. The molecule has 4 nitrogen and oxygen atoms in total. The van der Waals surface area contributed by atoms with E-state index in [1.165, 1.54) is 0 Å². The van der Waals surface area contributed by atoms with E-state index in [0.717, 1.165) is 25.8 Å². The van der Waals surface area contributed by atoms with Gasteiger partial charge in [-0.1, -0.05) is 6.92 Å². The number of ketones is 1. The lowest BCUT2D eigenvalue weighted by atomic mass is 9.93. The van der Waals surface area contributed by atoms with Gasteiger partial charge >= 0.3 is 0 Å². The highest BCUT2D eigenvalue weighted by molar-refractivity contribution is 5.79. The zero-order valence-electron chi connectivity index (χ0n) is 10.3. The SMILES string of the molecule is CCCNC(=O)CN(C)C1CCC(=O)CC1. The number of carbonyl (C=O) groups excluding carboxylic acids is 2. The number of carbonyl (C=O) groups is 2. The molecule has 0 bridgehead atoms. The minimum absolute atomic E-state index is 0.0845. The molecule has 0 saturated heterocycles. The van der Waals surface area contributed by atoms with Crippen molar-refractivity contribution < 1.29 is 9.59 Å². The molecule has 0 spiro atoms. The Morgan fingerprint density at radius 3 is 2.62 bits per heavy atom. The van der Waals surface area contributed by atoms with Crippen LogP contribution in [0.4, 0.5) is 0 Å². The van der Waals surface area contributed by atoms with Crippen LogP contribution in [0.2, 0.25) is 0 Å². The van der Waals surface area contributed by atoms with E-state index >= 15 is 0 Å². The predicted octanol–water partition coefficient (Wildman–Crippen LogP) is 0.956. The molecule has 1 fully saturated rings. The Balaban J connectivity index is 2.26. The lowest BCUT2D eigenvalue weighted by molar-refractivity contribution is -0.123. The van der Waals surface area contributed by atoms with E-state index in [2.05, 4.69) is 10.2 Å². The maximum absolute atomic E-state index is 11.5. The molecular formula is C12H22N2O2. The summed E-state index contributed by atoms with van der Waals surface area (Å²) >= 11 is 0. The summed E-state index contributed by atoms with van der Waals surface area (Å²) in [5.74, 6) is 0.446. The largest absolute Gasteiger partial charge is 0.355 e. The topological polar surface area (TPSA) is 49.4 Å². The van der Waals surface area contributed by atoms with Crippen molar-refractivity contribution in [3.63, 3.8) is 0 Å². The first-order chi connectivity index (χ1) is 7.63. The van der Waals surface area contributed by atoms with Crippen molar-refractivity contribution in [3.05, 3.63) is 0 Å². The summed E-state index contributed by atoms with van der Waals surface area (Å²) in [6, 6.07) is 0.394. The number of amides is 1. The molecule has 0 atom stereocenters. The van der Waals surface area contributed by atoms with E-state index < -0.39 is 0 Å². The summed E-state index contributed by atoms with van der Waals surface area (Å²) in [6.07, 6.45) is 4.11. The van der Waals surface area contributed by atoms with Crippen molar-refractivity contribution in [2.75, 3.05) is 20.1 Å². The second-order valence-electron chi connectivity index (χ2n) is 4.53. The Bertz CT molecular complexity index is 243. The van der Waals surface area contributed by atoms with Crippen LogP contribution in [-0.4, -0.2) is 42.8 Å². The zero-order valence-corrected chi connectivity index (χ0v) is 10.3. The third-order valence-electron chi connectivity index (χ3n) is 3.10. The van der Waals surface area contributed by atoms with Gasteiger partial charge in [-0.25, -0.2) is 0 Å². The van der Waals surface area contributed by atoms with E-state index in [9.17, 15) is 9.59 Å². The van der Waals surface area contributed by atoms with Gasteiger partial charge in [0, 0.05) is 25.4 Å². The molecule has 1 rings (SSSR count). The van der Waals surface area contributed by atoms with Gasteiger partial charge in [-0.3, -0.25) is 14.5 Å². The fourth-order valence-corrected chi connectivity index (χ4v) is 2.04. The lowest BCUT2D eigenvalue weighted by Crippen LogP contribution is -2.42. The molecular weight excluding hydrogens is 204 g/mol. The smallest absolute Gasteiger partial charge is 0.234 e. The Hall–Kier alpha value is -0.900. The highest BCUT2D eigenvalue weighted by atomic mass is 16.2. The second kappa shape index (κ2) is 6.63. The van der Waals surface area contributed by atoms with Crippen molar-refractivity contribution in [1.82, 2.24) is 10.2 Å². The molecule has 16 heavy (non-hydrogen) atoms. The molecule has 1 saturated carbocycles. The van der Waals surface area contributed by atoms with Gasteiger partial charge in [-0.2, -0.15) is 0 Å². The first kappa shape index (κ1) is 13.2. The van der Waals surface area contributed by atoms with E-state index in [0.29, 0.717) is 31.2 Å². The number of nitrogens with one attached hydrogen (secondary N) is 1. The van der Waals surface area contributed by atoms with Gasteiger partial charge in [0.15, 0.2) is 0 Å². The van der Waals surface area contributed by atoms with Crippen molar-refractivity contribution in [2.24, 2.45) is 0 Å². The molecule has 92 valence electrons. The number of hydrogen-bond acceptors (Lipinski definition) is 3. The van der Waals surface area contributed by atoms with E-state index in [4.69, 9.17) is 0 Å². The zero-order chi connectivity index (χ0) is 12.0. The van der Waals surface area contributed by atoms with Crippen LogP contribution in [0.15, 0.2) is 0 Å². The van der Waals surface area contributed by atoms with Crippen LogP contribution in [0.25, 0.3) is 0 Å². The first-order valence-corrected chi connectivity index (χ1v) is 6.12. The summed E-state index contributed by atoms with van der Waals surface area (Å²) in [5.41, 5.74) is 0. The van der Waals surface area contributed by atoms with Gasteiger partial charge in [0.25, 0.3) is 0 Å². The maximum atomic E-state index is 11.5. The summed E-state index contributed by atoms with van der Waals surface area (Å²) in [5, 5.41) is 2.86. The van der Waals surface area contributed by atoms with Gasteiger partial charge < -0.3 is 5.32 Å². The van der Waals surface area contributed by atoms with E-state index in [1.807, 2.05) is 14.0 Å². The normalized spacial score (nSPS) is 17.8. The molecule has 1 aliphatic carbocycles. The average Bonchev–Trinajstić information content (AvgIpc) is 2.27. The van der Waals surface area contributed by atoms with Crippen LogP contribution >= 0.6 is 0 Å². The maximum Gasteiger partial charge on any atom is 0.234 e. The Labute approximate surface area is 97.4 Å². The number of hydrogen-bond donors (Lipinski definition) is 1. The van der Waals surface area contributed by atoms with Crippen LogP contribution in [0.1, 0.15) is 39.0 Å². The average molecular weight is 226 g/mol. The number of rotatable bonds is 5. The quantitative estimate of drug-likeness (QED) is 0.759. The molecule has 0 aliphatic heterocycles. The van der Waals surface area contributed by atoms with Gasteiger partial charge in [-0.15, -0.1) is 0 Å². The minimum atomic E-state index is 0.0845. The van der Waals surface area contributed by atoms with Gasteiger partial charge in [-0.05, 0) is 26.3 Å². The van der Waals surface area contributed by atoms with Crippen LogP contribution in [0.5, 0.6) is 0 Å². The van der Waals surface area contributed by atoms with Gasteiger partial charge in [0.05, 0.1) is 6.54 Å². The monoisotopic (exact) mass is 226 g/mol. The highest BCUT2D eigenvalue weighted by Crippen LogP contribution is 2.18. The van der Waals surface area contributed by atoms with E-state index in [-0.39, 0.29) is 5.91 Å². The Morgan fingerprint density at radius 1 is 1.44 bits per heavy atom. The van der Waals surface area contributed by atoms with Crippen LogP contribution < -0.4 is 5.32 Å². The summed E-state index contributed by atoms with van der Waals surface area (Å²) in [7, 11) is 1.96. The van der Waals surface area contributed by atoms with Crippen LogP contribution in [0, 0.1) is 0 Å². The summed E-state index contributed by atoms with van der Waals surface area (Å²) < 4.78 is 0. The molecule has 1 amide bonds. The second-order valence-corrected chi connectivity index (χ2v) is 4.53. The fraction of sp³-hybridized carbons (Fsp3) is 0.833. The standard InChI is InChI=1S/C12H22N2O2/c1-3-8-13-12(16)9-14(2)10-4-6-11(15)7-5-10/h10H,3-9H2,1-2H3,(H,13,16). The third kappa shape index (κ3) is 4.31. The molecule has 0 aromatic rings. The van der Waals surface area contributed by atoms with Crippen molar-refractivity contribution >= 4 is 11.7 Å². The lowest BCUT2D eigenvalue weighted by Gasteiger charge is -2.30. The predicted molar refractivity (Wildman–Crippen MR) is 63.2 cm³/mol. The Kier molecular flexibility index (Phi) is 5.46. The number of likely N-dealkylation sites (N-methyl/N-ethyl adjacent to an activating group) is 1. The highest BCUT2D eigenvalue weighted by Gasteiger charge is 2.23.